The molecule has 0 fully saturated rings. The summed E-state index contributed by atoms with van der Waals surface area (Å²) in [6.07, 6.45) is 5.05. The van der Waals surface area contributed by atoms with Crippen molar-refractivity contribution in [3.05, 3.63) is 35.6 Å². The van der Waals surface area contributed by atoms with Gasteiger partial charge in [0.15, 0.2) is 0 Å². The Morgan fingerprint density at radius 2 is 2.22 bits per heavy atom. The van der Waals surface area contributed by atoms with Crippen LogP contribution in [-0.2, 0) is 4.79 Å². The first-order valence-electron chi connectivity index (χ1n) is 5.71. The topological polar surface area (TPSA) is 32.3 Å². The van der Waals surface area contributed by atoms with Crippen molar-refractivity contribution in [2.45, 2.75) is 13.0 Å². The first-order chi connectivity index (χ1) is 8.56. The highest BCUT2D eigenvalue weighted by Crippen LogP contribution is 2.20. The fraction of sp³-hybridized carbons (Fsp3) is 0.357. The molecule has 0 aliphatic heterocycles. The minimum Gasteiger partial charge on any atom is -0.344 e. The fourth-order valence-electron chi connectivity index (χ4n) is 1.62. The van der Waals surface area contributed by atoms with Gasteiger partial charge < -0.3 is 5.32 Å². The first-order valence-corrected chi connectivity index (χ1v) is 5.71. The van der Waals surface area contributed by atoms with E-state index in [4.69, 9.17) is 6.42 Å². The van der Waals surface area contributed by atoms with E-state index in [1.54, 1.807) is 30.1 Å². The molecule has 0 aliphatic carbocycles. The molecule has 0 aromatic heterocycles. The number of amides is 1. The van der Waals surface area contributed by atoms with Crippen LogP contribution in [0.4, 0.5) is 4.39 Å². The molecule has 0 aliphatic rings. The monoisotopic (exact) mass is 248 g/mol. The maximum Gasteiger partial charge on any atom is 0.234 e. The van der Waals surface area contributed by atoms with Crippen LogP contribution in [0.1, 0.15) is 18.5 Å². The largest absolute Gasteiger partial charge is 0.344 e. The number of benzene rings is 1. The summed E-state index contributed by atoms with van der Waals surface area (Å²) < 4.78 is 13.6. The normalized spacial score (nSPS) is 11.9. The van der Waals surface area contributed by atoms with Gasteiger partial charge in [-0.1, -0.05) is 24.1 Å². The van der Waals surface area contributed by atoms with Gasteiger partial charge in [0.05, 0.1) is 13.1 Å². The number of carbonyl (C=O) groups is 1. The van der Waals surface area contributed by atoms with E-state index in [9.17, 15) is 9.18 Å². The maximum absolute atomic E-state index is 13.6. The zero-order chi connectivity index (χ0) is 13.5. The lowest BCUT2D eigenvalue weighted by molar-refractivity contribution is -0.122. The van der Waals surface area contributed by atoms with Crippen molar-refractivity contribution >= 4 is 5.91 Å². The average molecular weight is 248 g/mol. The van der Waals surface area contributed by atoms with Crippen molar-refractivity contribution < 1.29 is 9.18 Å². The van der Waals surface area contributed by atoms with Crippen molar-refractivity contribution in [1.82, 2.24) is 10.2 Å². The lowest BCUT2D eigenvalue weighted by Crippen LogP contribution is -2.36. The molecular formula is C14H17FN2O. The summed E-state index contributed by atoms with van der Waals surface area (Å²) in [5.41, 5.74) is 0.574. The smallest absolute Gasteiger partial charge is 0.234 e. The number of hydrogen-bond acceptors (Lipinski definition) is 2. The Hall–Kier alpha value is -1.86. The molecular weight excluding hydrogens is 231 g/mol. The van der Waals surface area contributed by atoms with Gasteiger partial charge >= 0.3 is 0 Å². The standard InChI is InChI=1S/C14H17FN2O/c1-4-9-16-14(18)10-17(3)11(2)12-7-5-6-8-13(12)15/h1,5-8,11H,9-10H2,2-3H3,(H,16,18). The molecule has 1 aromatic rings. The summed E-state index contributed by atoms with van der Waals surface area (Å²) in [5.74, 6) is 1.90. The van der Waals surface area contributed by atoms with Crippen molar-refractivity contribution in [2.24, 2.45) is 0 Å². The molecule has 0 bridgehead atoms. The predicted octanol–water partition coefficient (Wildman–Crippen LogP) is 1.57. The molecule has 1 amide bonds. The van der Waals surface area contributed by atoms with Crippen LogP contribution in [-0.4, -0.2) is 30.9 Å². The molecule has 0 spiro atoms. The minimum absolute atomic E-state index is 0.168. The van der Waals surface area contributed by atoms with E-state index < -0.39 is 0 Å². The van der Waals surface area contributed by atoms with Crippen molar-refractivity contribution in [3.63, 3.8) is 0 Å². The van der Waals surface area contributed by atoms with Crippen molar-refractivity contribution in [3.8, 4) is 12.3 Å². The minimum atomic E-state index is -0.263. The van der Waals surface area contributed by atoms with Gasteiger partial charge in [-0.05, 0) is 20.0 Å². The quantitative estimate of drug-likeness (QED) is 0.802. The zero-order valence-corrected chi connectivity index (χ0v) is 10.6. The number of nitrogens with one attached hydrogen (secondary N) is 1. The van der Waals surface area contributed by atoms with Gasteiger partial charge in [0.2, 0.25) is 5.91 Å². The number of halogens is 1. The third-order valence-corrected chi connectivity index (χ3v) is 2.80. The fourth-order valence-corrected chi connectivity index (χ4v) is 1.62. The Balaban J connectivity index is 2.62. The van der Waals surface area contributed by atoms with Gasteiger partial charge in [-0.15, -0.1) is 6.42 Å². The lowest BCUT2D eigenvalue weighted by atomic mass is 10.1. The first kappa shape index (κ1) is 14.2. The third-order valence-electron chi connectivity index (χ3n) is 2.80. The number of likely N-dealkylation sites (N-methyl/N-ethyl adjacent to an activating group) is 1. The van der Waals surface area contributed by atoms with E-state index in [0.29, 0.717) is 5.56 Å². The van der Waals surface area contributed by atoms with E-state index in [1.807, 2.05) is 6.92 Å². The van der Waals surface area contributed by atoms with Gasteiger partial charge in [0.1, 0.15) is 5.82 Å². The summed E-state index contributed by atoms with van der Waals surface area (Å²) >= 11 is 0. The lowest BCUT2D eigenvalue weighted by Gasteiger charge is -2.24. The Kier molecular flexibility index (Phi) is 5.34. The zero-order valence-electron chi connectivity index (χ0n) is 10.6. The van der Waals surface area contributed by atoms with E-state index in [1.165, 1.54) is 6.07 Å². The Bertz CT molecular complexity index is 453. The number of hydrogen-bond donors (Lipinski definition) is 1. The van der Waals surface area contributed by atoms with E-state index >= 15 is 0 Å². The maximum atomic E-state index is 13.6. The highest BCUT2D eigenvalue weighted by molar-refractivity contribution is 5.78. The molecule has 0 saturated heterocycles. The SMILES string of the molecule is C#CCNC(=O)CN(C)C(C)c1ccccc1F. The summed E-state index contributed by atoms with van der Waals surface area (Å²) in [4.78, 5) is 13.3. The van der Waals surface area contributed by atoms with Crippen LogP contribution in [0.15, 0.2) is 24.3 Å². The number of nitrogens with zero attached hydrogens (tertiary/aromatic N) is 1. The molecule has 1 N–H and O–H groups in total. The van der Waals surface area contributed by atoms with Crippen LogP contribution in [0, 0.1) is 18.2 Å². The molecule has 1 aromatic carbocycles. The number of terminal acetylenes is 1. The van der Waals surface area contributed by atoms with E-state index in [-0.39, 0.29) is 30.9 Å². The van der Waals surface area contributed by atoms with E-state index in [0.717, 1.165) is 0 Å². The summed E-state index contributed by atoms with van der Waals surface area (Å²) in [5, 5.41) is 2.57. The predicted molar refractivity (Wildman–Crippen MR) is 69.3 cm³/mol. The Morgan fingerprint density at radius 3 is 2.83 bits per heavy atom. The van der Waals surface area contributed by atoms with Crippen LogP contribution in [0.3, 0.4) is 0 Å². The second-order valence-corrected chi connectivity index (χ2v) is 4.09. The average Bonchev–Trinajstić information content (AvgIpc) is 2.36. The van der Waals surface area contributed by atoms with Crippen LogP contribution in [0.2, 0.25) is 0 Å². The molecule has 3 nitrogen and oxygen atoms in total. The molecule has 96 valence electrons. The second kappa shape index (κ2) is 6.77. The Morgan fingerprint density at radius 1 is 1.56 bits per heavy atom. The van der Waals surface area contributed by atoms with Gasteiger partial charge in [-0.2, -0.15) is 0 Å². The molecule has 1 rings (SSSR count). The highest BCUT2D eigenvalue weighted by Gasteiger charge is 2.17. The Labute approximate surface area is 107 Å². The van der Waals surface area contributed by atoms with Gasteiger partial charge in [-0.3, -0.25) is 9.69 Å². The van der Waals surface area contributed by atoms with E-state index in [2.05, 4.69) is 11.2 Å². The molecule has 18 heavy (non-hydrogen) atoms. The molecule has 0 saturated carbocycles. The molecule has 4 heteroatoms. The van der Waals surface area contributed by atoms with Crippen LogP contribution in [0.25, 0.3) is 0 Å². The third kappa shape index (κ3) is 3.86. The van der Waals surface area contributed by atoms with Gasteiger partial charge in [0.25, 0.3) is 0 Å². The van der Waals surface area contributed by atoms with Crippen LogP contribution >= 0.6 is 0 Å². The van der Waals surface area contributed by atoms with Crippen molar-refractivity contribution in [2.75, 3.05) is 20.1 Å². The summed E-state index contributed by atoms with van der Waals surface area (Å²) in [6, 6.07) is 6.38. The van der Waals surface area contributed by atoms with Crippen LogP contribution in [0.5, 0.6) is 0 Å². The van der Waals surface area contributed by atoms with Gasteiger partial charge in [-0.25, -0.2) is 4.39 Å². The number of carbonyl (C=O) groups excluding carboxylic acids is 1. The summed E-state index contributed by atoms with van der Waals surface area (Å²) in [7, 11) is 1.77. The second-order valence-electron chi connectivity index (χ2n) is 4.09. The number of rotatable bonds is 5. The molecule has 1 atom stereocenters. The highest BCUT2D eigenvalue weighted by atomic mass is 19.1. The summed E-state index contributed by atoms with van der Waals surface area (Å²) in [6.45, 7) is 2.24. The van der Waals surface area contributed by atoms with Crippen LogP contribution < -0.4 is 5.32 Å². The molecule has 1 unspecified atom stereocenters. The molecule has 0 radical (unpaired) electrons. The molecule has 0 heterocycles. The van der Waals surface area contributed by atoms with Crippen molar-refractivity contribution in [1.29, 1.82) is 0 Å². The van der Waals surface area contributed by atoms with Gasteiger partial charge in [0, 0.05) is 11.6 Å².